The summed E-state index contributed by atoms with van der Waals surface area (Å²) in [6.45, 7) is 0. The Labute approximate surface area is 263 Å². The number of benzene rings is 6. The van der Waals surface area contributed by atoms with E-state index in [2.05, 4.69) is 0 Å². The van der Waals surface area contributed by atoms with E-state index in [0.717, 1.165) is 11.1 Å². The van der Waals surface area contributed by atoms with Gasteiger partial charge in [0.2, 0.25) is 0 Å². The molecule has 0 bridgehead atoms. The third kappa shape index (κ3) is 3.83. The highest BCUT2D eigenvalue weighted by atomic mass is 16.3. The van der Waals surface area contributed by atoms with Gasteiger partial charge in [0.1, 0.15) is 11.2 Å². The van der Waals surface area contributed by atoms with E-state index in [4.69, 9.17) is 30.3 Å². The Morgan fingerprint density at radius 3 is 1.75 bits per heavy atom. The van der Waals surface area contributed by atoms with Crippen LogP contribution in [0.15, 0.2) is 150 Å². The predicted octanol–water partition coefficient (Wildman–Crippen LogP) is 9.87. The Balaban J connectivity index is 1.36. The first-order valence-corrected chi connectivity index (χ1v) is 14.0. The fourth-order valence-corrected chi connectivity index (χ4v) is 5.75. The number of furan rings is 1. The van der Waals surface area contributed by atoms with Crippen LogP contribution in [0, 0.1) is 0 Å². The zero-order valence-electron chi connectivity index (χ0n) is 30.9. The van der Waals surface area contributed by atoms with Crippen molar-refractivity contribution in [3.8, 4) is 39.9 Å². The first-order valence-electron chi connectivity index (χ1n) is 18.0. The Morgan fingerprint density at radius 1 is 0.523 bits per heavy atom. The van der Waals surface area contributed by atoms with Crippen LogP contribution in [0.4, 0.5) is 0 Å². The van der Waals surface area contributed by atoms with Crippen molar-refractivity contribution in [2.24, 2.45) is 0 Å². The van der Waals surface area contributed by atoms with Crippen molar-refractivity contribution < 1.29 is 15.4 Å². The van der Waals surface area contributed by atoms with Gasteiger partial charge in [0.25, 0.3) is 0 Å². The van der Waals surface area contributed by atoms with Crippen LogP contribution < -0.4 is 0 Å². The highest BCUT2D eigenvalue weighted by molar-refractivity contribution is 6.13. The molecule has 0 saturated heterocycles. The van der Waals surface area contributed by atoms with E-state index < -0.39 is 24.2 Å². The van der Waals surface area contributed by atoms with Gasteiger partial charge in [0.05, 0.1) is 22.0 Å². The van der Waals surface area contributed by atoms with Gasteiger partial charge < -0.3 is 8.98 Å². The van der Waals surface area contributed by atoms with Crippen molar-refractivity contribution in [2.45, 2.75) is 0 Å². The fourth-order valence-electron chi connectivity index (χ4n) is 5.75. The lowest BCUT2D eigenvalue weighted by molar-refractivity contribution is 0.669. The predicted molar refractivity (Wildman–Crippen MR) is 178 cm³/mol. The fraction of sp³-hybridized carbons (Fsp3) is 0. The van der Waals surface area contributed by atoms with Crippen LogP contribution in [0.2, 0.25) is 0 Å². The second-order valence-corrected chi connectivity index (χ2v) is 10.3. The second kappa shape index (κ2) is 9.75. The largest absolute Gasteiger partial charge is 0.456 e. The van der Waals surface area contributed by atoms with Crippen LogP contribution in [-0.4, -0.2) is 19.5 Å². The molecule has 0 unspecified atom stereocenters. The molecule has 0 N–H and O–H groups in total. The number of nitrogens with zero attached hydrogens (tertiary/aromatic N) is 4. The first-order chi connectivity index (χ1) is 25.1. The zero-order valence-corrected chi connectivity index (χ0v) is 22.9. The molecular formula is C39H24N4O. The first kappa shape index (κ1) is 17.8. The van der Waals surface area contributed by atoms with E-state index in [1.165, 1.54) is 4.57 Å². The van der Waals surface area contributed by atoms with E-state index in [1.54, 1.807) is 18.2 Å². The number of hydrogen-bond donors (Lipinski definition) is 0. The van der Waals surface area contributed by atoms with Crippen LogP contribution >= 0.6 is 0 Å². The summed E-state index contributed by atoms with van der Waals surface area (Å²) in [4.78, 5) is 14.7. The molecule has 3 aromatic heterocycles. The molecule has 5 nitrogen and oxygen atoms in total. The van der Waals surface area contributed by atoms with Crippen molar-refractivity contribution in [3.63, 3.8) is 0 Å². The van der Waals surface area contributed by atoms with Crippen molar-refractivity contribution in [2.75, 3.05) is 0 Å². The molecule has 206 valence electrons. The number of rotatable bonds is 4. The van der Waals surface area contributed by atoms with Gasteiger partial charge in [0, 0.05) is 43.9 Å². The van der Waals surface area contributed by atoms with Gasteiger partial charge in [-0.05, 0) is 36.4 Å². The topological polar surface area (TPSA) is 56.7 Å². The molecule has 0 aliphatic carbocycles. The van der Waals surface area contributed by atoms with Crippen LogP contribution in [0.5, 0.6) is 0 Å². The van der Waals surface area contributed by atoms with Crippen molar-refractivity contribution in [1.29, 1.82) is 0 Å². The molecule has 0 amide bonds. The Kier molecular flexibility index (Phi) is 3.94. The average molecular weight is 573 g/mol. The molecule has 0 aliphatic heterocycles. The van der Waals surface area contributed by atoms with Gasteiger partial charge in [-0.15, -0.1) is 0 Å². The Bertz CT molecular complexity index is 2810. The summed E-state index contributed by atoms with van der Waals surface area (Å²) in [5.74, 6) is 1.39. The lowest BCUT2D eigenvalue weighted by Gasteiger charge is -2.10. The summed E-state index contributed by atoms with van der Waals surface area (Å²) in [7, 11) is 0. The van der Waals surface area contributed by atoms with Crippen molar-refractivity contribution >= 4 is 43.7 Å². The molecule has 0 saturated carbocycles. The molecule has 9 aromatic rings. The van der Waals surface area contributed by atoms with Crippen LogP contribution in [-0.2, 0) is 0 Å². The van der Waals surface area contributed by atoms with Crippen LogP contribution in [0.1, 0.15) is 11.0 Å². The summed E-state index contributed by atoms with van der Waals surface area (Å²) >= 11 is 0. The van der Waals surface area contributed by atoms with Crippen molar-refractivity contribution in [3.05, 3.63) is 145 Å². The maximum Gasteiger partial charge on any atom is 0.164 e. The highest BCUT2D eigenvalue weighted by Gasteiger charge is 2.19. The van der Waals surface area contributed by atoms with E-state index in [9.17, 15) is 0 Å². The summed E-state index contributed by atoms with van der Waals surface area (Å²) in [5.41, 5.74) is 3.86. The number of fused-ring (bicyclic) bond motifs is 6. The van der Waals surface area contributed by atoms with Gasteiger partial charge >= 0.3 is 0 Å². The van der Waals surface area contributed by atoms with Gasteiger partial charge in [-0.25, -0.2) is 15.0 Å². The lowest BCUT2D eigenvalue weighted by Crippen LogP contribution is -2.00. The van der Waals surface area contributed by atoms with E-state index in [0.29, 0.717) is 50.7 Å². The maximum absolute atomic E-state index is 8.92. The zero-order chi connectivity index (χ0) is 36.0. The van der Waals surface area contributed by atoms with Gasteiger partial charge in [-0.3, -0.25) is 0 Å². The highest BCUT2D eigenvalue weighted by Crippen LogP contribution is 2.39. The number of aromatic nitrogens is 4. The van der Waals surface area contributed by atoms with E-state index >= 15 is 0 Å². The number of para-hydroxylation sites is 2. The minimum Gasteiger partial charge on any atom is -0.456 e. The molecule has 5 heteroatoms. The van der Waals surface area contributed by atoms with Gasteiger partial charge in [-0.1, -0.05) is 109 Å². The van der Waals surface area contributed by atoms with Crippen molar-refractivity contribution in [1.82, 2.24) is 19.5 Å². The molecule has 9 rings (SSSR count). The average Bonchev–Trinajstić information content (AvgIpc) is 3.74. The minimum atomic E-state index is -0.494. The summed E-state index contributed by atoms with van der Waals surface area (Å²) in [6, 6.07) is 26.6. The summed E-state index contributed by atoms with van der Waals surface area (Å²) in [6.07, 6.45) is 0. The van der Waals surface area contributed by atoms with Gasteiger partial charge in [-0.2, -0.15) is 0 Å². The quantitative estimate of drug-likeness (QED) is 0.211. The molecule has 0 spiro atoms. The van der Waals surface area contributed by atoms with E-state index in [-0.39, 0.29) is 46.0 Å². The molecule has 6 aromatic carbocycles. The second-order valence-electron chi connectivity index (χ2n) is 10.3. The number of hydrogen-bond acceptors (Lipinski definition) is 4. The SMILES string of the molecule is [2H]c1c([2H])c([2H])c2c(c1[2H])c1c([2H])c([2H])c([2H])c([2H])c1n2-c1ccc2oc3cccc(-c4nc(-c5ccccc5)nc(-c5ccccc5)n4)c3c2c1. The van der Waals surface area contributed by atoms with E-state index in [1.807, 2.05) is 78.9 Å². The van der Waals surface area contributed by atoms with Crippen LogP contribution in [0.3, 0.4) is 0 Å². The Hall–Kier alpha value is -6.07. The normalized spacial score (nSPS) is 14.2. The molecule has 0 atom stereocenters. The smallest absolute Gasteiger partial charge is 0.164 e. The molecule has 0 radical (unpaired) electrons. The molecular weight excluding hydrogens is 540 g/mol. The maximum atomic E-state index is 8.92. The summed E-state index contributed by atoms with van der Waals surface area (Å²) < 4.78 is 76.9. The molecule has 0 fully saturated rings. The lowest BCUT2D eigenvalue weighted by atomic mass is 10.0. The summed E-state index contributed by atoms with van der Waals surface area (Å²) in [5, 5.41) is 1.35. The Morgan fingerprint density at radius 2 is 1.11 bits per heavy atom. The monoisotopic (exact) mass is 572 g/mol. The third-order valence-corrected chi connectivity index (χ3v) is 7.71. The van der Waals surface area contributed by atoms with Gasteiger partial charge in [0.15, 0.2) is 17.5 Å². The molecule has 0 aliphatic rings. The third-order valence-electron chi connectivity index (χ3n) is 7.71. The van der Waals surface area contributed by atoms with Crippen LogP contribution in [0.25, 0.3) is 83.6 Å². The molecule has 3 heterocycles. The minimum absolute atomic E-state index is 0.0119. The standard InChI is InChI=1S/C39H24N4O/c1-3-12-25(13-4-1)37-40-38(26-14-5-2-6-15-26)42-39(41-37)30-18-11-21-35-36(30)31-24-27(22-23-34(31)44-35)43-32-19-9-7-16-28(32)29-17-8-10-20-33(29)43/h1-24H/i7D,8D,9D,10D,16D,17D,19D,20D. The molecule has 44 heavy (non-hydrogen) atoms.